The molecule has 82 valence electrons. The van der Waals surface area contributed by atoms with Crippen molar-refractivity contribution >= 4 is 16.9 Å². The average molecular weight is 225 g/mol. The minimum Gasteiger partial charge on any atom is -0.394 e. The van der Waals surface area contributed by atoms with E-state index < -0.39 is 0 Å². The van der Waals surface area contributed by atoms with Crippen LogP contribution in [0.15, 0.2) is 35.3 Å². The quantitative estimate of drug-likeness (QED) is 0.306. The molecule has 0 saturated carbocycles. The Kier molecular flexibility index (Phi) is 5.84. The van der Waals surface area contributed by atoms with Gasteiger partial charge in [0.25, 0.3) is 0 Å². The van der Waals surface area contributed by atoms with E-state index in [-0.39, 0.29) is 6.61 Å². The number of nitrogens with one attached hydrogen (secondary N) is 1. The minimum absolute atomic E-state index is 0.0388. The lowest BCUT2D eigenvalue weighted by molar-refractivity contribution is 0.307. The summed E-state index contributed by atoms with van der Waals surface area (Å²) in [4.78, 5) is 4.07. The van der Waals surface area contributed by atoms with E-state index in [1.54, 1.807) is 0 Å². The molecule has 0 saturated heterocycles. The van der Waals surface area contributed by atoms with Gasteiger partial charge >= 0.3 is 0 Å². The van der Waals surface area contributed by atoms with Gasteiger partial charge in [-0.2, -0.15) is 0 Å². The van der Waals surface area contributed by atoms with Gasteiger partial charge in [0.15, 0.2) is 5.17 Å². The van der Waals surface area contributed by atoms with E-state index in [0.717, 1.165) is 5.75 Å². The van der Waals surface area contributed by atoms with E-state index in [9.17, 15) is 0 Å². The Morgan fingerprint density at radius 3 is 2.73 bits per heavy atom. The van der Waals surface area contributed by atoms with Gasteiger partial charge in [0.2, 0.25) is 0 Å². The van der Waals surface area contributed by atoms with Crippen LogP contribution < -0.4 is 11.3 Å². The smallest absolute Gasteiger partial charge is 0.171 e. The maximum Gasteiger partial charge on any atom is 0.171 e. The number of benzene rings is 1. The number of aliphatic imine (C=N–C) groups is 1. The maximum absolute atomic E-state index is 8.61. The van der Waals surface area contributed by atoms with E-state index >= 15 is 0 Å². The van der Waals surface area contributed by atoms with Crippen LogP contribution >= 0.6 is 11.8 Å². The number of aliphatic hydroxyl groups is 1. The van der Waals surface area contributed by atoms with Crippen molar-refractivity contribution in [2.75, 3.05) is 13.2 Å². The second-order valence-electron chi connectivity index (χ2n) is 2.83. The molecule has 15 heavy (non-hydrogen) atoms. The van der Waals surface area contributed by atoms with Crippen LogP contribution in [0.25, 0.3) is 0 Å². The lowest BCUT2D eigenvalue weighted by atomic mass is 10.2. The average Bonchev–Trinajstić information content (AvgIpc) is 2.31. The molecule has 0 aliphatic rings. The van der Waals surface area contributed by atoms with Crippen LogP contribution in [0.1, 0.15) is 5.56 Å². The summed E-state index contributed by atoms with van der Waals surface area (Å²) in [7, 11) is 0. The predicted octanol–water partition coefficient (Wildman–Crippen LogP) is 0.731. The molecule has 4 nitrogen and oxygen atoms in total. The molecule has 0 heterocycles. The van der Waals surface area contributed by atoms with Gasteiger partial charge in [-0.3, -0.25) is 4.99 Å². The fourth-order valence-corrected chi connectivity index (χ4v) is 1.77. The Morgan fingerprint density at radius 1 is 1.40 bits per heavy atom. The van der Waals surface area contributed by atoms with Gasteiger partial charge in [-0.1, -0.05) is 42.1 Å². The number of thioether (sulfide) groups is 1. The second kappa shape index (κ2) is 7.28. The van der Waals surface area contributed by atoms with E-state index in [0.29, 0.717) is 11.7 Å². The third-order valence-corrected chi connectivity index (χ3v) is 2.70. The largest absolute Gasteiger partial charge is 0.394 e. The van der Waals surface area contributed by atoms with Crippen molar-refractivity contribution in [3.05, 3.63) is 35.9 Å². The first kappa shape index (κ1) is 12.0. The molecule has 1 rings (SSSR count). The molecule has 1 aromatic carbocycles. The summed E-state index contributed by atoms with van der Waals surface area (Å²) in [5.74, 6) is 6.11. The van der Waals surface area contributed by atoms with E-state index in [4.69, 9.17) is 10.9 Å². The van der Waals surface area contributed by atoms with E-state index in [2.05, 4.69) is 10.4 Å². The van der Waals surface area contributed by atoms with Crippen molar-refractivity contribution in [2.24, 2.45) is 10.8 Å². The summed E-state index contributed by atoms with van der Waals surface area (Å²) < 4.78 is 0. The summed E-state index contributed by atoms with van der Waals surface area (Å²) in [5, 5.41) is 9.26. The molecule has 0 unspecified atom stereocenters. The Hall–Kier alpha value is -1.04. The lowest BCUT2D eigenvalue weighted by Gasteiger charge is -2.04. The molecule has 0 bridgehead atoms. The SMILES string of the molecule is NNC(=NCCO)SCc1ccccc1. The molecular weight excluding hydrogens is 210 g/mol. The fraction of sp³-hybridized carbons (Fsp3) is 0.300. The summed E-state index contributed by atoms with van der Waals surface area (Å²) in [6.45, 7) is 0.415. The Labute approximate surface area is 93.6 Å². The van der Waals surface area contributed by atoms with Crippen LogP contribution in [0.3, 0.4) is 0 Å². The highest BCUT2D eigenvalue weighted by Crippen LogP contribution is 2.11. The number of hydrogen-bond donors (Lipinski definition) is 3. The number of nitrogens with zero attached hydrogens (tertiary/aromatic N) is 1. The standard InChI is InChI=1S/C10H15N3OS/c11-13-10(12-6-7-14)15-8-9-4-2-1-3-5-9/h1-5,14H,6-8,11H2,(H,12,13). The molecule has 5 heteroatoms. The van der Waals surface area contributed by atoms with Gasteiger partial charge in [-0.05, 0) is 5.56 Å². The summed E-state index contributed by atoms with van der Waals surface area (Å²) >= 11 is 1.52. The zero-order valence-electron chi connectivity index (χ0n) is 8.39. The molecule has 0 aromatic heterocycles. The van der Waals surface area contributed by atoms with Gasteiger partial charge in [0.1, 0.15) is 0 Å². The first-order valence-corrected chi connectivity index (χ1v) is 5.64. The number of rotatable bonds is 4. The molecule has 0 fully saturated rings. The van der Waals surface area contributed by atoms with Crippen LogP contribution in [0.5, 0.6) is 0 Å². The summed E-state index contributed by atoms with van der Waals surface area (Å²) in [6.07, 6.45) is 0. The molecule has 0 radical (unpaired) electrons. The van der Waals surface area contributed by atoms with Crippen LogP contribution in [-0.4, -0.2) is 23.4 Å². The Morgan fingerprint density at radius 2 is 2.13 bits per heavy atom. The number of amidine groups is 1. The molecule has 0 atom stereocenters. The van der Waals surface area contributed by atoms with E-state index in [1.807, 2.05) is 30.3 Å². The predicted molar refractivity (Wildman–Crippen MR) is 64.4 cm³/mol. The first-order chi connectivity index (χ1) is 7.36. The van der Waals surface area contributed by atoms with Gasteiger partial charge in [0.05, 0.1) is 13.2 Å². The highest BCUT2D eigenvalue weighted by atomic mass is 32.2. The molecule has 0 amide bonds. The maximum atomic E-state index is 8.61. The monoisotopic (exact) mass is 225 g/mol. The molecular formula is C10H15N3OS. The second-order valence-corrected chi connectivity index (χ2v) is 3.79. The van der Waals surface area contributed by atoms with Crippen molar-refractivity contribution < 1.29 is 5.11 Å². The third kappa shape index (κ3) is 4.83. The number of hydrogen-bond acceptors (Lipinski definition) is 4. The van der Waals surface area contributed by atoms with Crippen molar-refractivity contribution in [1.82, 2.24) is 5.43 Å². The Balaban J connectivity index is 2.41. The summed E-state index contributed by atoms with van der Waals surface area (Å²) in [6, 6.07) is 10.1. The van der Waals surface area contributed by atoms with Crippen LogP contribution in [0.4, 0.5) is 0 Å². The topological polar surface area (TPSA) is 70.6 Å². The highest BCUT2D eigenvalue weighted by molar-refractivity contribution is 8.13. The van der Waals surface area contributed by atoms with Gasteiger partial charge < -0.3 is 10.5 Å². The summed E-state index contributed by atoms with van der Waals surface area (Å²) in [5.41, 5.74) is 3.73. The van der Waals surface area contributed by atoms with E-state index in [1.165, 1.54) is 17.3 Å². The van der Waals surface area contributed by atoms with Crippen molar-refractivity contribution in [2.45, 2.75) is 5.75 Å². The zero-order valence-corrected chi connectivity index (χ0v) is 9.20. The first-order valence-electron chi connectivity index (χ1n) is 4.65. The van der Waals surface area contributed by atoms with Crippen LogP contribution in [0.2, 0.25) is 0 Å². The minimum atomic E-state index is 0.0388. The van der Waals surface area contributed by atoms with Crippen molar-refractivity contribution in [3.8, 4) is 0 Å². The van der Waals surface area contributed by atoms with Gasteiger partial charge in [-0.15, -0.1) is 0 Å². The normalized spacial score (nSPS) is 11.5. The van der Waals surface area contributed by atoms with Crippen LogP contribution in [-0.2, 0) is 5.75 Å². The molecule has 1 aromatic rings. The molecule has 0 aliphatic heterocycles. The van der Waals surface area contributed by atoms with Crippen molar-refractivity contribution in [3.63, 3.8) is 0 Å². The fourth-order valence-electron chi connectivity index (χ4n) is 1.01. The van der Waals surface area contributed by atoms with Crippen LogP contribution in [0, 0.1) is 0 Å². The zero-order chi connectivity index (χ0) is 10.9. The Bertz CT molecular complexity index is 303. The van der Waals surface area contributed by atoms with Gasteiger partial charge in [0, 0.05) is 5.75 Å². The lowest BCUT2D eigenvalue weighted by Crippen LogP contribution is -2.28. The number of hydrazine groups is 1. The molecule has 0 spiro atoms. The highest BCUT2D eigenvalue weighted by Gasteiger charge is 1.98. The number of aliphatic hydroxyl groups excluding tert-OH is 1. The van der Waals surface area contributed by atoms with Gasteiger partial charge in [-0.25, -0.2) is 5.84 Å². The number of nitrogens with two attached hydrogens (primary N) is 1. The third-order valence-electron chi connectivity index (χ3n) is 1.70. The van der Waals surface area contributed by atoms with Crippen molar-refractivity contribution in [1.29, 1.82) is 0 Å². The molecule has 4 N–H and O–H groups in total. The molecule has 0 aliphatic carbocycles.